The van der Waals surface area contributed by atoms with Crippen LogP contribution in [0.3, 0.4) is 0 Å². The van der Waals surface area contributed by atoms with Crippen LogP contribution in [0.5, 0.6) is 0 Å². The lowest BCUT2D eigenvalue weighted by molar-refractivity contribution is 0.237. The standard InChI is InChI=1S/C17H21N3O3S/c1-13(15-8-10-16(11-9-15)20-24(2,22)23)19-17(21)18-12-14-6-4-3-5-7-14/h3-11,13,20H,12H2,1-2H3,(H2,18,19,21)/t13-/m1/s1. The van der Waals surface area contributed by atoms with Gasteiger partial charge < -0.3 is 10.6 Å². The summed E-state index contributed by atoms with van der Waals surface area (Å²) >= 11 is 0. The van der Waals surface area contributed by atoms with E-state index in [0.717, 1.165) is 17.4 Å². The Kier molecular flexibility index (Phi) is 5.81. The van der Waals surface area contributed by atoms with Gasteiger partial charge in [-0.05, 0) is 30.2 Å². The molecule has 0 fully saturated rings. The molecule has 0 spiro atoms. The third kappa shape index (κ3) is 5.92. The van der Waals surface area contributed by atoms with Gasteiger partial charge in [0.05, 0.1) is 12.3 Å². The van der Waals surface area contributed by atoms with Gasteiger partial charge in [-0.3, -0.25) is 4.72 Å². The molecule has 0 saturated heterocycles. The number of carbonyl (C=O) groups excluding carboxylic acids is 1. The molecule has 2 rings (SSSR count). The van der Waals surface area contributed by atoms with Crippen LogP contribution in [0.15, 0.2) is 54.6 Å². The van der Waals surface area contributed by atoms with Crippen LogP contribution in [-0.2, 0) is 16.6 Å². The number of rotatable bonds is 6. The van der Waals surface area contributed by atoms with Crippen molar-refractivity contribution in [1.29, 1.82) is 0 Å². The fourth-order valence-corrected chi connectivity index (χ4v) is 2.73. The Morgan fingerprint density at radius 3 is 2.25 bits per heavy atom. The van der Waals surface area contributed by atoms with Crippen molar-refractivity contribution < 1.29 is 13.2 Å². The normalized spacial score (nSPS) is 12.2. The maximum atomic E-state index is 11.9. The molecular weight excluding hydrogens is 326 g/mol. The van der Waals surface area contributed by atoms with Gasteiger partial charge >= 0.3 is 6.03 Å². The SMILES string of the molecule is C[C@@H](NC(=O)NCc1ccccc1)c1ccc(NS(C)(=O)=O)cc1. The number of amides is 2. The number of hydrogen-bond donors (Lipinski definition) is 3. The summed E-state index contributed by atoms with van der Waals surface area (Å²) in [5, 5.41) is 5.65. The minimum Gasteiger partial charge on any atom is -0.334 e. The second kappa shape index (κ2) is 7.83. The minimum absolute atomic E-state index is 0.201. The number of urea groups is 1. The van der Waals surface area contributed by atoms with Crippen molar-refractivity contribution in [3.05, 3.63) is 65.7 Å². The molecule has 0 aromatic heterocycles. The molecule has 2 aromatic carbocycles. The van der Waals surface area contributed by atoms with Crippen molar-refractivity contribution in [2.45, 2.75) is 19.5 Å². The summed E-state index contributed by atoms with van der Waals surface area (Å²) in [6, 6.07) is 16.1. The van der Waals surface area contributed by atoms with Crippen LogP contribution in [0.4, 0.5) is 10.5 Å². The number of carbonyl (C=O) groups is 1. The Balaban J connectivity index is 1.87. The third-order valence-corrected chi connectivity index (χ3v) is 3.96. The molecule has 0 aliphatic heterocycles. The zero-order valence-corrected chi connectivity index (χ0v) is 14.4. The zero-order valence-electron chi connectivity index (χ0n) is 13.6. The van der Waals surface area contributed by atoms with Gasteiger partial charge in [-0.2, -0.15) is 0 Å². The van der Waals surface area contributed by atoms with Crippen molar-refractivity contribution >= 4 is 21.7 Å². The number of hydrogen-bond acceptors (Lipinski definition) is 3. The van der Waals surface area contributed by atoms with Crippen LogP contribution >= 0.6 is 0 Å². The quantitative estimate of drug-likeness (QED) is 0.751. The Labute approximate surface area is 142 Å². The van der Waals surface area contributed by atoms with Gasteiger partial charge in [0, 0.05) is 12.2 Å². The summed E-state index contributed by atoms with van der Waals surface area (Å²) in [7, 11) is -3.29. The second-order valence-corrected chi connectivity index (χ2v) is 7.28. The molecule has 0 saturated carbocycles. The van der Waals surface area contributed by atoms with Crippen LogP contribution in [0.1, 0.15) is 24.1 Å². The monoisotopic (exact) mass is 347 g/mol. The van der Waals surface area contributed by atoms with Crippen molar-refractivity contribution in [2.24, 2.45) is 0 Å². The Hall–Kier alpha value is -2.54. The molecule has 128 valence electrons. The molecule has 2 aromatic rings. The van der Waals surface area contributed by atoms with E-state index in [1.54, 1.807) is 24.3 Å². The van der Waals surface area contributed by atoms with Gasteiger partial charge in [0.2, 0.25) is 10.0 Å². The molecule has 3 N–H and O–H groups in total. The van der Waals surface area contributed by atoms with Gasteiger partial charge in [-0.1, -0.05) is 42.5 Å². The summed E-state index contributed by atoms with van der Waals surface area (Å²) in [5.74, 6) is 0. The fraction of sp³-hybridized carbons (Fsp3) is 0.235. The Bertz CT molecular complexity index is 774. The first-order valence-electron chi connectivity index (χ1n) is 7.49. The molecule has 0 radical (unpaired) electrons. The summed E-state index contributed by atoms with van der Waals surface area (Å²) in [6.07, 6.45) is 1.10. The van der Waals surface area contributed by atoms with Crippen molar-refractivity contribution in [3.8, 4) is 0 Å². The first-order chi connectivity index (χ1) is 11.3. The van der Waals surface area contributed by atoms with Crippen molar-refractivity contribution in [2.75, 3.05) is 11.0 Å². The fourth-order valence-electron chi connectivity index (χ4n) is 2.16. The number of benzene rings is 2. The highest BCUT2D eigenvalue weighted by Gasteiger charge is 2.10. The summed E-state index contributed by atoms with van der Waals surface area (Å²) in [6.45, 7) is 2.32. The van der Waals surface area contributed by atoms with Crippen molar-refractivity contribution in [1.82, 2.24) is 10.6 Å². The number of nitrogens with one attached hydrogen (secondary N) is 3. The predicted octanol–water partition coefficient (Wildman–Crippen LogP) is 2.62. The summed E-state index contributed by atoms with van der Waals surface area (Å²) in [5.41, 5.74) is 2.39. The molecule has 2 amide bonds. The number of anilines is 1. The van der Waals surface area contributed by atoms with Gasteiger partial charge in [0.15, 0.2) is 0 Å². The largest absolute Gasteiger partial charge is 0.334 e. The van der Waals surface area contributed by atoms with Crippen LogP contribution in [-0.4, -0.2) is 20.7 Å². The lowest BCUT2D eigenvalue weighted by Gasteiger charge is -2.15. The second-order valence-electron chi connectivity index (χ2n) is 5.53. The van der Waals surface area contributed by atoms with Crippen LogP contribution < -0.4 is 15.4 Å². The predicted molar refractivity (Wildman–Crippen MR) is 95.1 cm³/mol. The van der Waals surface area contributed by atoms with Crippen molar-refractivity contribution in [3.63, 3.8) is 0 Å². The van der Waals surface area contributed by atoms with E-state index in [1.807, 2.05) is 37.3 Å². The molecule has 24 heavy (non-hydrogen) atoms. The highest BCUT2D eigenvalue weighted by atomic mass is 32.2. The van der Waals surface area contributed by atoms with E-state index in [2.05, 4.69) is 15.4 Å². The van der Waals surface area contributed by atoms with E-state index in [-0.39, 0.29) is 12.1 Å². The molecule has 0 unspecified atom stereocenters. The van der Waals surface area contributed by atoms with E-state index >= 15 is 0 Å². The van der Waals surface area contributed by atoms with E-state index in [9.17, 15) is 13.2 Å². The summed E-state index contributed by atoms with van der Waals surface area (Å²) in [4.78, 5) is 11.9. The Morgan fingerprint density at radius 2 is 1.67 bits per heavy atom. The highest BCUT2D eigenvalue weighted by molar-refractivity contribution is 7.92. The lowest BCUT2D eigenvalue weighted by Crippen LogP contribution is -2.36. The molecule has 1 atom stereocenters. The molecule has 7 heteroatoms. The average molecular weight is 347 g/mol. The number of sulfonamides is 1. The molecule has 0 heterocycles. The van der Waals surface area contributed by atoms with E-state index in [4.69, 9.17) is 0 Å². The maximum absolute atomic E-state index is 11.9. The first-order valence-corrected chi connectivity index (χ1v) is 9.39. The van der Waals surface area contributed by atoms with Crippen LogP contribution in [0, 0.1) is 0 Å². The van der Waals surface area contributed by atoms with Gasteiger partial charge in [-0.15, -0.1) is 0 Å². The topological polar surface area (TPSA) is 87.3 Å². The first kappa shape index (κ1) is 17.8. The van der Waals surface area contributed by atoms with Crippen LogP contribution in [0.2, 0.25) is 0 Å². The Morgan fingerprint density at radius 1 is 1.04 bits per heavy atom. The smallest absolute Gasteiger partial charge is 0.315 e. The molecular formula is C17H21N3O3S. The molecule has 0 aliphatic carbocycles. The minimum atomic E-state index is -3.29. The van der Waals surface area contributed by atoms with Gasteiger partial charge in [0.1, 0.15) is 0 Å². The highest BCUT2D eigenvalue weighted by Crippen LogP contribution is 2.16. The molecule has 0 bridgehead atoms. The van der Waals surface area contributed by atoms with E-state index in [1.165, 1.54) is 0 Å². The maximum Gasteiger partial charge on any atom is 0.315 e. The van der Waals surface area contributed by atoms with Crippen LogP contribution in [0.25, 0.3) is 0 Å². The van der Waals surface area contributed by atoms with Gasteiger partial charge in [-0.25, -0.2) is 13.2 Å². The zero-order chi connectivity index (χ0) is 17.6. The lowest BCUT2D eigenvalue weighted by atomic mass is 10.1. The van der Waals surface area contributed by atoms with E-state index < -0.39 is 10.0 Å². The average Bonchev–Trinajstić information content (AvgIpc) is 2.53. The van der Waals surface area contributed by atoms with E-state index in [0.29, 0.717) is 12.2 Å². The third-order valence-electron chi connectivity index (χ3n) is 3.36. The van der Waals surface area contributed by atoms with Gasteiger partial charge in [0.25, 0.3) is 0 Å². The molecule has 0 aliphatic rings. The summed E-state index contributed by atoms with van der Waals surface area (Å²) < 4.78 is 24.8. The molecule has 6 nitrogen and oxygen atoms in total.